The standard InChI is InChI=1S/C19H17N5S2/c1-2-5-14(6-3-1)23-8-10-24(11-9-23)19-18-17(20-13-21-19)16(22-26-18)15-7-4-12-25-15/h1-7,12-13H,8-11H2. The Kier molecular flexibility index (Phi) is 4.03. The van der Waals surface area contributed by atoms with Gasteiger partial charge in [-0.25, -0.2) is 9.97 Å². The summed E-state index contributed by atoms with van der Waals surface area (Å²) in [6, 6.07) is 14.8. The molecule has 1 saturated heterocycles. The van der Waals surface area contributed by atoms with Crippen LogP contribution in [0.2, 0.25) is 0 Å². The van der Waals surface area contributed by atoms with Gasteiger partial charge >= 0.3 is 0 Å². The number of nitrogens with zero attached hydrogens (tertiary/aromatic N) is 5. The molecule has 4 aromatic rings. The van der Waals surface area contributed by atoms with Gasteiger partial charge in [-0.15, -0.1) is 11.3 Å². The molecule has 5 rings (SSSR count). The molecule has 1 aromatic carbocycles. The monoisotopic (exact) mass is 379 g/mol. The second kappa shape index (κ2) is 6.66. The number of aromatic nitrogens is 3. The highest BCUT2D eigenvalue weighted by molar-refractivity contribution is 7.16. The molecule has 26 heavy (non-hydrogen) atoms. The average molecular weight is 380 g/mol. The fourth-order valence-corrected chi connectivity index (χ4v) is 5.01. The van der Waals surface area contributed by atoms with E-state index in [0.717, 1.165) is 52.8 Å². The SMILES string of the molecule is c1ccc(N2CCN(c3ncnc4c(-c5cccs5)nsc34)CC2)cc1. The molecule has 3 aromatic heterocycles. The minimum absolute atomic E-state index is 0.952. The fourth-order valence-electron chi connectivity index (χ4n) is 3.37. The van der Waals surface area contributed by atoms with Gasteiger partial charge in [-0.1, -0.05) is 24.3 Å². The fraction of sp³-hybridized carbons (Fsp3) is 0.211. The van der Waals surface area contributed by atoms with E-state index < -0.39 is 0 Å². The van der Waals surface area contributed by atoms with Crippen LogP contribution in [-0.4, -0.2) is 40.5 Å². The van der Waals surface area contributed by atoms with Crippen LogP contribution >= 0.6 is 22.9 Å². The van der Waals surface area contributed by atoms with E-state index in [1.54, 1.807) is 17.7 Å². The first-order valence-corrected chi connectivity index (χ1v) is 10.2. The lowest BCUT2D eigenvalue weighted by Gasteiger charge is -2.36. The maximum atomic E-state index is 4.67. The molecular formula is C19H17N5S2. The summed E-state index contributed by atoms with van der Waals surface area (Å²) in [5, 5.41) is 2.07. The van der Waals surface area contributed by atoms with Crippen molar-refractivity contribution in [1.29, 1.82) is 0 Å². The number of para-hydroxylation sites is 1. The normalized spacial score (nSPS) is 14.9. The summed E-state index contributed by atoms with van der Waals surface area (Å²) in [7, 11) is 0. The van der Waals surface area contributed by atoms with Crippen molar-refractivity contribution in [1.82, 2.24) is 14.3 Å². The molecule has 1 aliphatic heterocycles. The predicted octanol–water partition coefficient (Wildman–Crippen LogP) is 4.14. The van der Waals surface area contributed by atoms with E-state index in [1.807, 2.05) is 0 Å². The van der Waals surface area contributed by atoms with Crippen molar-refractivity contribution in [2.75, 3.05) is 36.0 Å². The first-order valence-electron chi connectivity index (χ1n) is 8.59. The predicted molar refractivity (Wildman–Crippen MR) is 109 cm³/mol. The molecular weight excluding hydrogens is 362 g/mol. The van der Waals surface area contributed by atoms with Crippen LogP contribution in [-0.2, 0) is 0 Å². The molecule has 0 atom stereocenters. The number of anilines is 2. The molecule has 7 heteroatoms. The van der Waals surface area contributed by atoms with Gasteiger partial charge in [-0.05, 0) is 35.1 Å². The van der Waals surface area contributed by atoms with Gasteiger partial charge in [0.2, 0.25) is 0 Å². The third kappa shape index (κ3) is 2.73. The zero-order valence-electron chi connectivity index (χ0n) is 14.1. The van der Waals surface area contributed by atoms with E-state index in [9.17, 15) is 0 Å². The Morgan fingerprint density at radius 1 is 0.846 bits per heavy atom. The van der Waals surface area contributed by atoms with Crippen molar-refractivity contribution in [3.8, 4) is 10.6 Å². The molecule has 0 radical (unpaired) electrons. The molecule has 0 aliphatic carbocycles. The van der Waals surface area contributed by atoms with Crippen LogP contribution in [0.15, 0.2) is 54.2 Å². The van der Waals surface area contributed by atoms with Gasteiger partial charge in [0.05, 0.1) is 4.88 Å². The van der Waals surface area contributed by atoms with Gasteiger partial charge in [0.1, 0.15) is 22.2 Å². The maximum absolute atomic E-state index is 4.67. The van der Waals surface area contributed by atoms with Crippen LogP contribution in [0.25, 0.3) is 20.8 Å². The van der Waals surface area contributed by atoms with Crippen molar-refractivity contribution in [3.05, 3.63) is 54.2 Å². The molecule has 0 unspecified atom stereocenters. The van der Waals surface area contributed by atoms with Crippen molar-refractivity contribution < 1.29 is 0 Å². The topological polar surface area (TPSA) is 45.2 Å². The largest absolute Gasteiger partial charge is 0.368 e. The Bertz CT molecular complexity index is 1010. The molecule has 0 N–H and O–H groups in total. The summed E-state index contributed by atoms with van der Waals surface area (Å²) in [6.45, 7) is 3.89. The van der Waals surface area contributed by atoms with Gasteiger partial charge < -0.3 is 9.80 Å². The number of hydrogen-bond donors (Lipinski definition) is 0. The van der Waals surface area contributed by atoms with Gasteiger partial charge in [0, 0.05) is 31.9 Å². The second-order valence-corrected chi connectivity index (χ2v) is 7.91. The van der Waals surface area contributed by atoms with Crippen LogP contribution in [0.1, 0.15) is 0 Å². The molecule has 0 bridgehead atoms. The summed E-state index contributed by atoms with van der Waals surface area (Å²) >= 11 is 3.20. The summed E-state index contributed by atoms with van der Waals surface area (Å²) in [6.07, 6.45) is 1.67. The van der Waals surface area contributed by atoms with Crippen molar-refractivity contribution in [2.45, 2.75) is 0 Å². The van der Waals surface area contributed by atoms with Gasteiger partial charge in [0.15, 0.2) is 5.82 Å². The summed E-state index contributed by atoms with van der Waals surface area (Å²) in [5.41, 5.74) is 3.23. The van der Waals surface area contributed by atoms with E-state index in [1.165, 1.54) is 17.2 Å². The van der Waals surface area contributed by atoms with Crippen LogP contribution in [0, 0.1) is 0 Å². The van der Waals surface area contributed by atoms with Crippen LogP contribution in [0.5, 0.6) is 0 Å². The smallest absolute Gasteiger partial charge is 0.151 e. The molecule has 1 aliphatic rings. The summed E-state index contributed by atoms with van der Waals surface area (Å²) in [4.78, 5) is 15.1. The molecule has 4 heterocycles. The number of hydrogen-bond acceptors (Lipinski definition) is 7. The molecule has 5 nitrogen and oxygen atoms in total. The summed E-state index contributed by atoms with van der Waals surface area (Å²) in [5.74, 6) is 1.02. The first-order chi connectivity index (χ1) is 12.9. The molecule has 0 spiro atoms. The number of benzene rings is 1. The van der Waals surface area contributed by atoms with Crippen LogP contribution in [0.3, 0.4) is 0 Å². The van der Waals surface area contributed by atoms with Gasteiger partial charge in [-0.2, -0.15) is 4.37 Å². The average Bonchev–Trinajstić information content (AvgIpc) is 3.38. The van der Waals surface area contributed by atoms with Gasteiger partial charge in [-0.3, -0.25) is 0 Å². The van der Waals surface area contributed by atoms with E-state index in [2.05, 4.69) is 72.0 Å². The van der Waals surface area contributed by atoms with E-state index in [4.69, 9.17) is 0 Å². The maximum Gasteiger partial charge on any atom is 0.151 e. The third-order valence-electron chi connectivity index (χ3n) is 4.69. The Morgan fingerprint density at radius 2 is 1.65 bits per heavy atom. The summed E-state index contributed by atoms with van der Waals surface area (Å²) < 4.78 is 5.76. The minimum atomic E-state index is 0.952. The Labute approximate surface area is 159 Å². The van der Waals surface area contributed by atoms with Crippen LogP contribution < -0.4 is 9.80 Å². The number of thiophene rings is 1. The van der Waals surface area contributed by atoms with Crippen molar-refractivity contribution in [3.63, 3.8) is 0 Å². The zero-order valence-corrected chi connectivity index (χ0v) is 15.7. The lowest BCUT2D eigenvalue weighted by atomic mass is 10.2. The molecule has 0 saturated carbocycles. The first kappa shape index (κ1) is 15.7. The highest BCUT2D eigenvalue weighted by atomic mass is 32.1. The van der Waals surface area contributed by atoms with E-state index in [-0.39, 0.29) is 0 Å². The Hall–Kier alpha value is -2.51. The van der Waals surface area contributed by atoms with E-state index in [0.29, 0.717) is 0 Å². The number of fused-ring (bicyclic) bond motifs is 1. The van der Waals surface area contributed by atoms with Crippen LogP contribution in [0.4, 0.5) is 11.5 Å². The third-order valence-corrected chi connectivity index (χ3v) is 6.40. The zero-order chi connectivity index (χ0) is 17.3. The molecule has 130 valence electrons. The van der Waals surface area contributed by atoms with Crippen molar-refractivity contribution in [2.24, 2.45) is 0 Å². The molecule has 0 amide bonds. The van der Waals surface area contributed by atoms with Gasteiger partial charge in [0.25, 0.3) is 0 Å². The highest BCUT2D eigenvalue weighted by Gasteiger charge is 2.22. The lowest BCUT2D eigenvalue weighted by Crippen LogP contribution is -2.46. The Morgan fingerprint density at radius 3 is 2.42 bits per heavy atom. The lowest BCUT2D eigenvalue weighted by molar-refractivity contribution is 0.649. The van der Waals surface area contributed by atoms with E-state index >= 15 is 0 Å². The minimum Gasteiger partial charge on any atom is -0.368 e. The molecule has 1 fully saturated rings. The number of piperazine rings is 1. The van der Waals surface area contributed by atoms with Crippen molar-refractivity contribution >= 4 is 44.6 Å². The highest BCUT2D eigenvalue weighted by Crippen LogP contribution is 2.36. The Balaban J connectivity index is 1.42. The second-order valence-electron chi connectivity index (χ2n) is 6.19. The number of rotatable bonds is 3. The quantitative estimate of drug-likeness (QED) is 0.535.